The molecule has 0 bridgehead atoms. The van der Waals surface area contributed by atoms with Gasteiger partial charge in [0, 0.05) is 15.7 Å². The lowest BCUT2D eigenvalue weighted by molar-refractivity contribution is 0.213. The number of rotatable bonds is 1. The summed E-state index contributed by atoms with van der Waals surface area (Å²) in [7, 11) is 0. The molecule has 1 aliphatic rings. The zero-order valence-electron chi connectivity index (χ0n) is 10.2. The lowest BCUT2D eigenvalue weighted by Crippen LogP contribution is -2.10. The van der Waals surface area contributed by atoms with Gasteiger partial charge in [-0.05, 0) is 34.9 Å². The molecule has 0 fully saturated rings. The first-order chi connectivity index (χ1) is 9.24. The third-order valence-electron chi connectivity index (χ3n) is 3.18. The van der Waals surface area contributed by atoms with Gasteiger partial charge in [0.05, 0.1) is 0 Å². The molecule has 19 heavy (non-hydrogen) atoms. The molecule has 3 rings (SSSR count). The third kappa shape index (κ3) is 2.71. The molecule has 0 aliphatic carbocycles. The number of aliphatic hydroxyl groups is 1. The van der Waals surface area contributed by atoms with Crippen LogP contribution < -0.4 is 0 Å². The fourth-order valence-corrected chi connectivity index (χ4v) is 3.38. The number of aliphatic hydroxyl groups excluding tert-OH is 1. The van der Waals surface area contributed by atoms with Crippen molar-refractivity contribution in [3.05, 3.63) is 70.3 Å². The largest absolute Gasteiger partial charge is 0.384 e. The molecule has 0 saturated carbocycles. The van der Waals surface area contributed by atoms with Crippen molar-refractivity contribution in [2.24, 2.45) is 0 Å². The normalized spacial score (nSPS) is 20.3. The standard InChI is InChI=1S/C16H13ClOS/c17-13-7-5-11(6-8-13)9-12-10-19-15-4-2-1-3-14(15)16(12)18/h1-9,16,18H,10H2/b12-9+. The maximum absolute atomic E-state index is 10.4. The van der Waals surface area contributed by atoms with Crippen molar-refractivity contribution < 1.29 is 5.11 Å². The minimum absolute atomic E-state index is 0.506. The lowest BCUT2D eigenvalue weighted by Gasteiger charge is -2.23. The van der Waals surface area contributed by atoms with E-state index < -0.39 is 6.10 Å². The van der Waals surface area contributed by atoms with Crippen molar-refractivity contribution in [3.63, 3.8) is 0 Å². The van der Waals surface area contributed by atoms with E-state index in [1.807, 2.05) is 48.5 Å². The van der Waals surface area contributed by atoms with Gasteiger partial charge in [-0.1, -0.05) is 48.0 Å². The van der Waals surface area contributed by atoms with Crippen molar-refractivity contribution in [2.75, 3.05) is 5.75 Å². The van der Waals surface area contributed by atoms with Crippen LogP contribution in [0.1, 0.15) is 17.2 Å². The summed E-state index contributed by atoms with van der Waals surface area (Å²) < 4.78 is 0. The third-order valence-corrected chi connectivity index (χ3v) is 4.59. The summed E-state index contributed by atoms with van der Waals surface area (Å²) in [6, 6.07) is 15.7. The molecule has 0 spiro atoms. The summed E-state index contributed by atoms with van der Waals surface area (Å²) in [6.45, 7) is 0. The first kappa shape index (κ1) is 12.8. The van der Waals surface area contributed by atoms with Crippen LogP contribution in [-0.2, 0) is 0 Å². The second-order valence-corrected chi connectivity index (χ2v) is 5.95. The Labute approximate surface area is 121 Å². The molecule has 96 valence electrons. The monoisotopic (exact) mass is 288 g/mol. The average molecular weight is 289 g/mol. The van der Waals surface area contributed by atoms with Gasteiger partial charge in [0.2, 0.25) is 0 Å². The molecule has 1 heterocycles. The van der Waals surface area contributed by atoms with Gasteiger partial charge in [-0.25, -0.2) is 0 Å². The van der Waals surface area contributed by atoms with Crippen LogP contribution in [0, 0.1) is 0 Å². The molecule has 0 radical (unpaired) electrons. The van der Waals surface area contributed by atoms with Gasteiger partial charge < -0.3 is 5.11 Å². The van der Waals surface area contributed by atoms with Crippen molar-refractivity contribution in [3.8, 4) is 0 Å². The minimum atomic E-state index is -0.506. The first-order valence-corrected chi connectivity index (χ1v) is 7.46. The number of halogens is 1. The van der Waals surface area contributed by atoms with Crippen molar-refractivity contribution >= 4 is 29.4 Å². The highest BCUT2D eigenvalue weighted by atomic mass is 35.5. The van der Waals surface area contributed by atoms with Crippen LogP contribution in [0.25, 0.3) is 6.08 Å². The SMILES string of the molecule is OC1/C(=C/c2ccc(Cl)cc2)CSc2ccccc21. The fraction of sp³-hybridized carbons (Fsp3) is 0.125. The summed E-state index contributed by atoms with van der Waals surface area (Å²) in [5.74, 6) is 0.820. The Morgan fingerprint density at radius 1 is 1.11 bits per heavy atom. The molecule has 1 unspecified atom stereocenters. The van der Waals surface area contributed by atoms with Crippen LogP contribution in [0.3, 0.4) is 0 Å². The van der Waals surface area contributed by atoms with Crippen LogP contribution >= 0.6 is 23.4 Å². The molecule has 1 aliphatic heterocycles. The van der Waals surface area contributed by atoms with E-state index in [0.29, 0.717) is 0 Å². The fourth-order valence-electron chi connectivity index (χ4n) is 2.17. The Hall–Kier alpha value is -1.22. The number of fused-ring (bicyclic) bond motifs is 1. The van der Waals surface area contributed by atoms with Gasteiger partial charge in [0.15, 0.2) is 0 Å². The summed E-state index contributed by atoms with van der Waals surface area (Å²) >= 11 is 7.64. The maximum Gasteiger partial charge on any atom is 0.102 e. The van der Waals surface area contributed by atoms with E-state index in [1.165, 1.54) is 4.90 Å². The van der Waals surface area contributed by atoms with E-state index in [2.05, 4.69) is 6.07 Å². The van der Waals surface area contributed by atoms with Crippen LogP contribution in [0.15, 0.2) is 59.0 Å². The van der Waals surface area contributed by atoms with E-state index in [0.717, 1.165) is 27.5 Å². The minimum Gasteiger partial charge on any atom is -0.384 e. The first-order valence-electron chi connectivity index (χ1n) is 6.10. The predicted octanol–water partition coefficient (Wildman–Crippen LogP) is 4.56. The van der Waals surface area contributed by atoms with E-state index in [4.69, 9.17) is 11.6 Å². The Kier molecular flexibility index (Phi) is 3.65. The molecule has 1 N–H and O–H groups in total. The smallest absolute Gasteiger partial charge is 0.102 e. The molecular formula is C16H13ClOS. The highest BCUT2D eigenvalue weighted by Crippen LogP contribution is 2.39. The van der Waals surface area contributed by atoms with Crippen molar-refractivity contribution in [2.45, 2.75) is 11.0 Å². The Balaban J connectivity index is 1.93. The Bertz CT molecular complexity index is 619. The molecule has 0 saturated heterocycles. The quantitative estimate of drug-likeness (QED) is 0.830. The lowest BCUT2D eigenvalue weighted by atomic mass is 10.00. The van der Waals surface area contributed by atoms with E-state index in [9.17, 15) is 5.11 Å². The molecule has 1 nitrogen and oxygen atoms in total. The van der Waals surface area contributed by atoms with E-state index >= 15 is 0 Å². The number of thioether (sulfide) groups is 1. The summed E-state index contributed by atoms with van der Waals surface area (Å²) in [4.78, 5) is 1.17. The summed E-state index contributed by atoms with van der Waals surface area (Å²) in [5.41, 5.74) is 3.10. The van der Waals surface area contributed by atoms with Crippen LogP contribution in [0.5, 0.6) is 0 Å². The average Bonchev–Trinajstić information content (AvgIpc) is 2.45. The molecule has 1 atom stereocenters. The number of hydrogen-bond acceptors (Lipinski definition) is 2. The number of hydrogen-bond donors (Lipinski definition) is 1. The van der Waals surface area contributed by atoms with Crippen molar-refractivity contribution in [1.29, 1.82) is 0 Å². The van der Waals surface area contributed by atoms with E-state index in [-0.39, 0.29) is 0 Å². The molecular weight excluding hydrogens is 276 g/mol. The van der Waals surface area contributed by atoms with Crippen LogP contribution in [-0.4, -0.2) is 10.9 Å². The molecule has 0 amide bonds. The Morgan fingerprint density at radius 3 is 2.63 bits per heavy atom. The molecule has 3 heteroatoms. The zero-order valence-corrected chi connectivity index (χ0v) is 11.8. The highest BCUT2D eigenvalue weighted by molar-refractivity contribution is 7.99. The summed E-state index contributed by atoms with van der Waals surface area (Å²) in [6.07, 6.45) is 1.54. The van der Waals surface area contributed by atoms with Crippen molar-refractivity contribution in [1.82, 2.24) is 0 Å². The summed E-state index contributed by atoms with van der Waals surface area (Å²) in [5, 5.41) is 11.2. The zero-order chi connectivity index (χ0) is 13.2. The highest BCUT2D eigenvalue weighted by Gasteiger charge is 2.22. The number of benzene rings is 2. The predicted molar refractivity (Wildman–Crippen MR) is 81.6 cm³/mol. The van der Waals surface area contributed by atoms with E-state index in [1.54, 1.807) is 11.8 Å². The van der Waals surface area contributed by atoms with Gasteiger partial charge >= 0.3 is 0 Å². The van der Waals surface area contributed by atoms with Gasteiger partial charge in [0.1, 0.15) is 6.10 Å². The topological polar surface area (TPSA) is 20.2 Å². The Morgan fingerprint density at radius 2 is 1.84 bits per heavy atom. The molecule has 2 aromatic rings. The second kappa shape index (κ2) is 5.41. The maximum atomic E-state index is 10.4. The van der Waals surface area contributed by atoms with Gasteiger partial charge in [-0.15, -0.1) is 11.8 Å². The second-order valence-electron chi connectivity index (χ2n) is 4.50. The van der Waals surface area contributed by atoms with Gasteiger partial charge in [-0.3, -0.25) is 0 Å². The molecule has 0 aromatic heterocycles. The van der Waals surface area contributed by atoms with Gasteiger partial charge in [0.25, 0.3) is 0 Å². The van der Waals surface area contributed by atoms with Crippen LogP contribution in [0.4, 0.5) is 0 Å². The molecule has 2 aromatic carbocycles. The van der Waals surface area contributed by atoms with Crippen LogP contribution in [0.2, 0.25) is 5.02 Å². The van der Waals surface area contributed by atoms with Gasteiger partial charge in [-0.2, -0.15) is 0 Å².